The molecule has 9 heteroatoms. The molecule has 1 amide bonds. The molecule has 0 saturated carbocycles. The number of halogens is 3. The van der Waals surface area contributed by atoms with E-state index in [1.165, 1.54) is 51.8 Å². The van der Waals surface area contributed by atoms with Crippen molar-refractivity contribution in [2.75, 3.05) is 21.3 Å². The number of carbonyl (C=O) groups is 1. The molecule has 27 heavy (non-hydrogen) atoms. The highest BCUT2D eigenvalue weighted by atomic mass is 19.4. The van der Waals surface area contributed by atoms with Crippen molar-refractivity contribution in [2.24, 2.45) is 5.10 Å². The third-order valence-corrected chi connectivity index (χ3v) is 3.54. The first kappa shape index (κ1) is 20.1. The minimum absolute atomic E-state index is 0.203. The number of hydrazone groups is 1. The first-order chi connectivity index (χ1) is 12.8. The molecule has 6 nitrogen and oxygen atoms in total. The van der Waals surface area contributed by atoms with E-state index in [-0.39, 0.29) is 5.56 Å². The zero-order valence-corrected chi connectivity index (χ0v) is 14.8. The van der Waals surface area contributed by atoms with Crippen molar-refractivity contribution in [1.29, 1.82) is 0 Å². The Morgan fingerprint density at radius 2 is 1.56 bits per heavy atom. The Bertz CT molecular complexity index is 808. The van der Waals surface area contributed by atoms with E-state index in [0.29, 0.717) is 22.8 Å². The fourth-order valence-electron chi connectivity index (χ4n) is 2.20. The van der Waals surface area contributed by atoms with Gasteiger partial charge in [-0.2, -0.15) is 18.3 Å². The molecule has 1 N–H and O–H groups in total. The predicted octanol–water partition coefficient (Wildman–Crippen LogP) is 3.50. The molecule has 2 aromatic rings. The summed E-state index contributed by atoms with van der Waals surface area (Å²) in [7, 11) is 4.28. The van der Waals surface area contributed by atoms with Gasteiger partial charge in [0.1, 0.15) is 0 Å². The first-order valence-electron chi connectivity index (χ1n) is 7.60. The summed E-state index contributed by atoms with van der Waals surface area (Å²) in [4.78, 5) is 12.2. The minimum atomic E-state index is -4.41. The summed E-state index contributed by atoms with van der Waals surface area (Å²) in [6, 6.07) is 7.26. The number of nitrogens with zero attached hydrogens (tertiary/aromatic N) is 1. The monoisotopic (exact) mass is 382 g/mol. The number of rotatable bonds is 6. The van der Waals surface area contributed by atoms with Crippen LogP contribution in [-0.2, 0) is 6.18 Å². The molecule has 0 aromatic heterocycles. The summed E-state index contributed by atoms with van der Waals surface area (Å²) >= 11 is 0. The molecule has 0 fully saturated rings. The van der Waals surface area contributed by atoms with Crippen LogP contribution in [0.1, 0.15) is 21.5 Å². The van der Waals surface area contributed by atoms with Gasteiger partial charge < -0.3 is 14.2 Å². The second-order valence-electron chi connectivity index (χ2n) is 5.23. The van der Waals surface area contributed by atoms with Crippen molar-refractivity contribution >= 4 is 12.1 Å². The van der Waals surface area contributed by atoms with E-state index in [0.717, 1.165) is 12.1 Å². The lowest BCUT2D eigenvalue weighted by Crippen LogP contribution is -2.18. The van der Waals surface area contributed by atoms with Gasteiger partial charge in [0, 0.05) is 5.56 Å². The zero-order valence-electron chi connectivity index (χ0n) is 14.8. The van der Waals surface area contributed by atoms with Gasteiger partial charge in [-0.05, 0) is 29.8 Å². The Kier molecular flexibility index (Phi) is 6.27. The van der Waals surface area contributed by atoms with Crippen LogP contribution in [0, 0.1) is 0 Å². The lowest BCUT2D eigenvalue weighted by molar-refractivity contribution is -0.137. The van der Waals surface area contributed by atoms with Crippen LogP contribution in [0.4, 0.5) is 13.2 Å². The van der Waals surface area contributed by atoms with Crippen molar-refractivity contribution < 1.29 is 32.2 Å². The summed E-state index contributed by atoms with van der Waals surface area (Å²) in [6.07, 6.45) is -3.17. The van der Waals surface area contributed by atoms with Crippen LogP contribution in [0.15, 0.2) is 41.5 Å². The van der Waals surface area contributed by atoms with Gasteiger partial charge in [-0.3, -0.25) is 4.79 Å². The van der Waals surface area contributed by atoms with Crippen molar-refractivity contribution in [3.63, 3.8) is 0 Å². The molecule has 0 saturated heterocycles. The van der Waals surface area contributed by atoms with E-state index in [9.17, 15) is 18.0 Å². The number of alkyl halides is 3. The van der Waals surface area contributed by atoms with Crippen LogP contribution < -0.4 is 19.6 Å². The number of ether oxygens (including phenoxy) is 3. The van der Waals surface area contributed by atoms with Crippen molar-refractivity contribution in [1.82, 2.24) is 5.43 Å². The van der Waals surface area contributed by atoms with E-state index < -0.39 is 17.6 Å². The molecule has 2 aromatic carbocycles. The molecular formula is C18H17F3N2O4. The van der Waals surface area contributed by atoms with E-state index >= 15 is 0 Å². The summed E-state index contributed by atoms with van der Waals surface area (Å²) in [5.74, 6) is 0.379. The predicted molar refractivity (Wildman–Crippen MR) is 92.6 cm³/mol. The van der Waals surface area contributed by atoms with Crippen LogP contribution in [0.25, 0.3) is 0 Å². The Labute approximate surface area is 153 Å². The molecular weight excluding hydrogens is 365 g/mol. The maximum atomic E-state index is 12.5. The Morgan fingerprint density at radius 3 is 2.00 bits per heavy atom. The van der Waals surface area contributed by atoms with Gasteiger partial charge in [0.25, 0.3) is 5.91 Å². The molecule has 144 valence electrons. The number of amides is 1. The van der Waals surface area contributed by atoms with Gasteiger partial charge in [-0.15, -0.1) is 0 Å². The summed E-state index contributed by atoms with van der Waals surface area (Å²) in [5, 5.41) is 3.74. The van der Waals surface area contributed by atoms with Gasteiger partial charge in [-0.25, -0.2) is 5.43 Å². The van der Waals surface area contributed by atoms with Crippen LogP contribution in [-0.4, -0.2) is 33.5 Å². The first-order valence-corrected chi connectivity index (χ1v) is 7.60. The third-order valence-electron chi connectivity index (χ3n) is 3.54. The maximum absolute atomic E-state index is 12.5. The van der Waals surface area contributed by atoms with Crippen molar-refractivity contribution in [3.8, 4) is 17.2 Å². The van der Waals surface area contributed by atoms with Crippen LogP contribution in [0.2, 0.25) is 0 Å². The van der Waals surface area contributed by atoms with Crippen LogP contribution >= 0.6 is 0 Å². The molecule has 0 heterocycles. The minimum Gasteiger partial charge on any atom is -0.493 e. The standard InChI is InChI=1S/C18H17F3N2O4/c1-25-14-8-12(9-15(26-2)16(14)27-3)17(24)23-22-10-11-4-6-13(7-5-11)18(19,20)21/h4-10H,1-3H3,(H,23,24). The molecule has 0 aliphatic carbocycles. The molecule has 0 aliphatic heterocycles. The fraction of sp³-hybridized carbons (Fsp3) is 0.222. The van der Waals surface area contributed by atoms with Crippen LogP contribution in [0.5, 0.6) is 17.2 Å². The van der Waals surface area contributed by atoms with E-state index in [4.69, 9.17) is 14.2 Å². The molecule has 0 unspecified atom stereocenters. The number of carbonyl (C=O) groups excluding carboxylic acids is 1. The van der Waals surface area contributed by atoms with Gasteiger partial charge in [0.2, 0.25) is 5.75 Å². The molecule has 0 radical (unpaired) electrons. The van der Waals surface area contributed by atoms with E-state index in [1.54, 1.807) is 0 Å². The average Bonchev–Trinajstić information content (AvgIpc) is 2.66. The van der Waals surface area contributed by atoms with Gasteiger partial charge in [-0.1, -0.05) is 12.1 Å². The summed E-state index contributed by atoms with van der Waals surface area (Å²) < 4.78 is 53.1. The van der Waals surface area contributed by atoms with Crippen molar-refractivity contribution in [3.05, 3.63) is 53.1 Å². The number of nitrogens with one attached hydrogen (secondary N) is 1. The largest absolute Gasteiger partial charge is 0.493 e. The summed E-state index contributed by atoms with van der Waals surface area (Å²) in [5.41, 5.74) is 2.13. The quantitative estimate of drug-likeness (QED) is 0.613. The normalized spacial score (nSPS) is 11.3. The smallest absolute Gasteiger partial charge is 0.416 e. The third kappa shape index (κ3) is 4.90. The molecule has 0 aliphatic rings. The molecule has 0 atom stereocenters. The lowest BCUT2D eigenvalue weighted by atomic mass is 10.1. The maximum Gasteiger partial charge on any atom is 0.416 e. The van der Waals surface area contributed by atoms with E-state index in [2.05, 4.69) is 10.5 Å². The number of benzene rings is 2. The highest BCUT2D eigenvalue weighted by molar-refractivity contribution is 5.96. The molecule has 2 rings (SSSR count). The number of methoxy groups -OCH3 is 3. The Balaban J connectivity index is 2.12. The SMILES string of the molecule is COc1cc(C(=O)NN=Cc2ccc(C(F)(F)F)cc2)cc(OC)c1OC. The van der Waals surface area contributed by atoms with Gasteiger partial charge >= 0.3 is 6.18 Å². The van der Waals surface area contributed by atoms with Crippen LogP contribution in [0.3, 0.4) is 0 Å². The Hall–Kier alpha value is -3.23. The molecule has 0 spiro atoms. The highest BCUT2D eigenvalue weighted by Crippen LogP contribution is 2.38. The van der Waals surface area contributed by atoms with Crippen molar-refractivity contribution in [2.45, 2.75) is 6.18 Å². The van der Waals surface area contributed by atoms with Gasteiger partial charge in [0.05, 0.1) is 33.1 Å². The molecule has 0 bridgehead atoms. The Morgan fingerprint density at radius 1 is 1.00 bits per heavy atom. The topological polar surface area (TPSA) is 69.2 Å². The number of hydrogen-bond donors (Lipinski definition) is 1. The number of hydrogen-bond acceptors (Lipinski definition) is 5. The average molecular weight is 382 g/mol. The fourth-order valence-corrected chi connectivity index (χ4v) is 2.20. The van der Waals surface area contributed by atoms with E-state index in [1.807, 2.05) is 0 Å². The highest BCUT2D eigenvalue weighted by Gasteiger charge is 2.29. The van der Waals surface area contributed by atoms with Gasteiger partial charge in [0.15, 0.2) is 11.5 Å². The second-order valence-corrected chi connectivity index (χ2v) is 5.23. The summed E-state index contributed by atoms with van der Waals surface area (Å²) in [6.45, 7) is 0. The zero-order chi connectivity index (χ0) is 20.0. The second kappa shape index (κ2) is 8.43. The lowest BCUT2D eigenvalue weighted by Gasteiger charge is -2.13.